The molecule has 0 radical (unpaired) electrons. The number of hydrogen-bond donors (Lipinski definition) is 2. The van der Waals surface area contributed by atoms with Crippen LogP contribution < -0.4 is 0 Å². The van der Waals surface area contributed by atoms with E-state index in [0.29, 0.717) is 33.2 Å². The highest BCUT2D eigenvalue weighted by Crippen LogP contribution is 2.44. The fraction of sp³-hybridized carbons (Fsp3) is 0.321. The van der Waals surface area contributed by atoms with Crippen LogP contribution in [-0.2, 0) is 11.8 Å². The van der Waals surface area contributed by atoms with Crippen molar-refractivity contribution in [1.82, 2.24) is 4.98 Å². The molecule has 190 valence electrons. The van der Waals surface area contributed by atoms with Crippen LogP contribution in [0.4, 0.5) is 17.6 Å². The van der Waals surface area contributed by atoms with Crippen molar-refractivity contribution in [1.29, 1.82) is 0 Å². The number of Topliss-reactive ketones (excluding diaryl/α,β-unsaturated/α-hetero) is 1. The highest BCUT2D eigenvalue weighted by atomic mass is 19.4. The monoisotopic (exact) mass is 501 g/mol. The van der Waals surface area contributed by atoms with E-state index in [0.717, 1.165) is 0 Å². The maximum Gasteiger partial charge on any atom is 0.417 e. The largest absolute Gasteiger partial charge is 0.461 e. The molecule has 2 aromatic heterocycles. The van der Waals surface area contributed by atoms with Gasteiger partial charge in [0.2, 0.25) is 0 Å². The van der Waals surface area contributed by atoms with E-state index in [1.807, 2.05) is 0 Å². The highest BCUT2D eigenvalue weighted by molar-refractivity contribution is 5.99. The van der Waals surface area contributed by atoms with Gasteiger partial charge < -0.3 is 14.5 Å². The molecule has 2 aromatic carbocycles. The summed E-state index contributed by atoms with van der Waals surface area (Å²) in [6.07, 6.45) is -4.89. The lowest BCUT2D eigenvalue weighted by atomic mass is 9.72. The van der Waals surface area contributed by atoms with Crippen LogP contribution >= 0.6 is 0 Å². The van der Waals surface area contributed by atoms with Gasteiger partial charge in [0.1, 0.15) is 5.82 Å². The standard InChI is InChI=1S/C28H27F4NO3/c1-16-5-7-20(29)13-23(16)26(3,4)15-27(35,28(30,31)32)14-21-12-19-11-18(6-8-24(19)33-21)22-9-10-36-25(22)17(2)34/h5-13,33,35H,14-15H2,1-4H3. The van der Waals surface area contributed by atoms with Crippen LogP contribution in [0, 0.1) is 12.7 Å². The van der Waals surface area contributed by atoms with E-state index >= 15 is 0 Å². The van der Waals surface area contributed by atoms with E-state index < -0.39 is 35.9 Å². The molecule has 1 unspecified atom stereocenters. The van der Waals surface area contributed by atoms with E-state index in [2.05, 4.69) is 4.98 Å². The average molecular weight is 502 g/mol. The van der Waals surface area contributed by atoms with Gasteiger partial charge in [0.15, 0.2) is 17.1 Å². The number of fused-ring (bicyclic) bond motifs is 1. The topological polar surface area (TPSA) is 66.2 Å². The predicted octanol–water partition coefficient (Wildman–Crippen LogP) is 7.28. The van der Waals surface area contributed by atoms with Gasteiger partial charge in [0, 0.05) is 35.5 Å². The summed E-state index contributed by atoms with van der Waals surface area (Å²) < 4.78 is 61.9. The van der Waals surface area contributed by atoms with Gasteiger partial charge in [0.25, 0.3) is 0 Å². The summed E-state index contributed by atoms with van der Waals surface area (Å²) in [5, 5.41) is 11.6. The summed E-state index contributed by atoms with van der Waals surface area (Å²) in [6, 6.07) is 12.4. The Hall–Kier alpha value is -3.39. The van der Waals surface area contributed by atoms with Crippen molar-refractivity contribution < 1.29 is 31.9 Å². The molecule has 2 N–H and O–H groups in total. The van der Waals surface area contributed by atoms with Crippen molar-refractivity contribution in [2.75, 3.05) is 0 Å². The fourth-order valence-electron chi connectivity index (χ4n) is 4.99. The van der Waals surface area contributed by atoms with Crippen LogP contribution in [0.15, 0.2) is 59.2 Å². The van der Waals surface area contributed by atoms with Crippen molar-refractivity contribution in [2.45, 2.75) is 57.7 Å². The maximum absolute atomic E-state index is 14.3. The number of carbonyl (C=O) groups excluding carboxylic acids is 1. The number of hydrogen-bond acceptors (Lipinski definition) is 3. The molecule has 0 spiro atoms. The summed E-state index contributed by atoms with van der Waals surface area (Å²) in [4.78, 5) is 14.8. The molecule has 2 heterocycles. The Bertz CT molecular complexity index is 1430. The Labute approximate surface area is 205 Å². The number of aromatic nitrogens is 1. The molecule has 0 bridgehead atoms. The number of halogens is 4. The first-order valence-corrected chi connectivity index (χ1v) is 11.5. The molecule has 1 atom stereocenters. The molecule has 0 aliphatic carbocycles. The van der Waals surface area contributed by atoms with Gasteiger partial charge in [-0.3, -0.25) is 4.79 Å². The smallest absolute Gasteiger partial charge is 0.417 e. The molecule has 8 heteroatoms. The number of aliphatic hydroxyl groups is 1. The Morgan fingerprint density at radius 1 is 1.06 bits per heavy atom. The van der Waals surface area contributed by atoms with Gasteiger partial charge in [-0.05, 0) is 71.8 Å². The molecule has 0 aliphatic heterocycles. The predicted molar refractivity (Wildman–Crippen MR) is 129 cm³/mol. The van der Waals surface area contributed by atoms with Crippen LogP contribution in [0.1, 0.15) is 54.6 Å². The van der Waals surface area contributed by atoms with E-state index in [9.17, 15) is 27.5 Å². The first-order valence-electron chi connectivity index (χ1n) is 11.5. The maximum atomic E-state index is 14.3. The van der Waals surface area contributed by atoms with E-state index in [1.165, 1.54) is 31.4 Å². The van der Waals surface area contributed by atoms with Crippen molar-refractivity contribution in [3.05, 3.63) is 83.2 Å². The molecule has 36 heavy (non-hydrogen) atoms. The first kappa shape index (κ1) is 25.7. The lowest BCUT2D eigenvalue weighted by Gasteiger charge is -2.38. The number of rotatable bonds is 7. The third-order valence-electron chi connectivity index (χ3n) is 6.65. The van der Waals surface area contributed by atoms with Crippen molar-refractivity contribution in [2.24, 2.45) is 0 Å². The summed E-state index contributed by atoms with van der Waals surface area (Å²) in [5.41, 5.74) is -1.11. The quantitative estimate of drug-likeness (QED) is 0.207. The third-order valence-corrected chi connectivity index (χ3v) is 6.65. The molecule has 0 aliphatic rings. The molecule has 0 amide bonds. The third kappa shape index (κ3) is 4.82. The van der Waals surface area contributed by atoms with Gasteiger partial charge in [-0.1, -0.05) is 26.0 Å². The van der Waals surface area contributed by atoms with Gasteiger partial charge >= 0.3 is 6.18 Å². The molecule has 0 saturated carbocycles. The summed E-state index contributed by atoms with van der Waals surface area (Å²) in [7, 11) is 0. The average Bonchev–Trinajstić information content (AvgIpc) is 3.40. The fourth-order valence-corrected chi connectivity index (χ4v) is 4.99. The van der Waals surface area contributed by atoms with Crippen molar-refractivity contribution >= 4 is 16.7 Å². The minimum atomic E-state index is -4.93. The second-order valence-electron chi connectivity index (χ2n) is 10.0. The number of nitrogens with one attached hydrogen (secondary N) is 1. The molecule has 0 saturated heterocycles. The zero-order valence-corrected chi connectivity index (χ0v) is 20.4. The van der Waals surface area contributed by atoms with E-state index in [1.54, 1.807) is 51.1 Å². The number of furan rings is 1. The van der Waals surface area contributed by atoms with Crippen molar-refractivity contribution in [3.8, 4) is 11.1 Å². The normalized spacial score (nSPS) is 14.2. The van der Waals surface area contributed by atoms with Crippen LogP contribution in [0.2, 0.25) is 0 Å². The number of carbonyl (C=O) groups is 1. The van der Waals surface area contributed by atoms with Crippen LogP contribution in [0.25, 0.3) is 22.0 Å². The summed E-state index contributed by atoms with van der Waals surface area (Å²) >= 11 is 0. The molecule has 4 aromatic rings. The van der Waals surface area contributed by atoms with Crippen LogP contribution in [0.3, 0.4) is 0 Å². The lowest BCUT2D eigenvalue weighted by molar-refractivity contribution is -0.266. The van der Waals surface area contributed by atoms with Gasteiger partial charge in [-0.25, -0.2) is 4.39 Å². The molecular weight excluding hydrogens is 474 g/mol. The van der Waals surface area contributed by atoms with Gasteiger partial charge in [-0.2, -0.15) is 13.2 Å². The highest BCUT2D eigenvalue weighted by Gasteiger charge is 2.56. The summed E-state index contributed by atoms with van der Waals surface area (Å²) in [6.45, 7) is 6.23. The van der Waals surface area contributed by atoms with Crippen molar-refractivity contribution in [3.63, 3.8) is 0 Å². The SMILES string of the molecule is CC(=O)c1occc1-c1ccc2[nH]c(CC(O)(CC(C)(C)c3cc(F)ccc3C)C(F)(F)F)cc2c1. The number of H-pyrrole nitrogens is 1. The first-order chi connectivity index (χ1) is 16.7. The Balaban J connectivity index is 1.68. The Morgan fingerprint density at radius 3 is 2.44 bits per heavy atom. The molecular formula is C28H27F4NO3. The van der Waals surface area contributed by atoms with E-state index in [-0.39, 0.29) is 17.2 Å². The zero-order chi connectivity index (χ0) is 26.5. The number of benzene rings is 2. The summed E-state index contributed by atoms with van der Waals surface area (Å²) in [5.74, 6) is -0.584. The minimum Gasteiger partial charge on any atom is -0.461 e. The van der Waals surface area contributed by atoms with Crippen LogP contribution in [0.5, 0.6) is 0 Å². The molecule has 4 rings (SSSR count). The second kappa shape index (κ2) is 8.92. The number of alkyl halides is 3. The Kier molecular flexibility index (Phi) is 6.37. The second-order valence-corrected chi connectivity index (χ2v) is 10.0. The zero-order valence-electron chi connectivity index (χ0n) is 20.4. The number of aryl methyl sites for hydroxylation is 1. The Morgan fingerprint density at radius 2 is 1.78 bits per heavy atom. The van der Waals surface area contributed by atoms with E-state index in [4.69, 9.17) is 4.42 Å². The van der Waals surface area contributed by atoms with Crippen LogP contribution in [-0.4, -0.2) is 27.7 Å². The molecule has 0 fully saturated rings. The number of aromatic amines is 1. The van der Waals surface area contributed by atoms with Gasteiger partial charge in [0.05, 0.1) is 6.26 Å². The van der Waals surface area contributed by atoms with Gasteiger partial charge in [-0.15, -0.1) is 0 Å². The lowest BCUT2D eigenvalue weighted by Crippen LogP contribution is -2.51. The minimum absolute atomic E-state index is 0.200. The molecule has 4 nitrogen and oxygen atoms in total. The number of ketones is 1.